The molecule has 2 aliphatic rings. The van der Waals surface area contributed by atoms with E-state index in [4.69, 9.17) is 4.74 Å². The Hall–Kier alpha value is -3.71. The van der Waals surface area contributed by atoms with Gasteiger partial charge in [-0.15, -0.1) is 0 Å². The van der Waals surface area contributed by atoms with Gasteiger partial charge >= 0.3 is 0 Å². The minimum atomic E-state index is -1.50. The maximum atomic E-state index is 14.4. The molecule has 41 heavy (non-hydrogen) atoms. The van der Waals surface area contributed by atoms with Crippen LogP contribution in [0.1, 0.15) is 61.0 Å². The normalized spacial score (nSPS) is 17.5. The number of carbonyl (C=O) groups excluding carboxylic acids is 2. The van der Waals surface area contributed by atoms with Crippen LogP contribution in [0.4, 0.5) is 4.39 Å². The van der Waals surface area contributed by atoms with E-state index in [1.165, 1.54) is 13.8 Å². The average Bonchev–Trinajstić information content (AvgIpc) is 3.54. The van der Waals surface area contributed by atoms with Crippen molar-refractivity contribution in [3.8, 4) is 16.9 Å². The van der Waals surface area contributed by atoms with Gasteiger partial charge in [-0.1, -0.05) is 67.1 Å². The van der Waals surface area contributed by atoms with Crippen LogP contribution in [0.15, 0.2) is 72.8 Å². The van der Waals surface area contributed by atoms with Crippen molar-refractivity contribution in [3.63, 3.8) is 0 Å². The minimum absolute atomic E-state index is 0.0341. The molecule has 216 valence electrons. The molecule has 3 aromatic carbocycles. The van der Waals surface area contributed by atoms with E-state index in [0.717, 1.165) is 61.2 Å². The summed E-state index contributed by atoms with van der Waals surface area (Å²) in [5.41, 5.74) is 2.34. The van der Waals surface area contributed by atoms with Gasteiger partial charge in [0.2, 0.25) is 5.91 Å². The number of nitrogens with zero attached hydrogens (tertiary/aromatic N) is 1. The van der Waals surface area contributed by atoms with Gasteiger partial charge in [-0.05, 0) is 74.0 Å². The maximum Gasteiger partial charge on any atom is 0.255 e. The van der Waals surface area contributed by atoms with E-state index >= 15 is 0 Å². The summed E-state index contributed by atoms with van der Waals surface area (Å²) in [5.74, 6) is 0.321. The Labute approximate surface area is 242 Å². The number of carbonyl (C=O) groups is 2. The first kappa shape index (κ1) is 28.8. The summed E-state index contributed by atoms with van der Waals surface area (Å²) < 4.78 is 19.8. The van der Waals surface area contributed by atoms with Crippen LogP contribution in [-0.4, -0.2) is 61.7 Å². The molecule has 6 nitrogen and oxygen atoms in total. The monoisotopic (exact) mass is 557 g/mol. The number of unbranched alkanes of at least 4 members (excludes halogenated alkanes) is 1. The lowest BCUT2D eigenvalue weighted by atomic mass is 9.73. The van der Waals surface area contributed by atoms with Gasteiger partial charge in [0, 0.05) is 19.1 Å². The highest BCUT2D eigenvalue weighted by atomic mass is 19.1. The van der Waals surface area contributed by atoms with Crippen molar-refractivity contribution >= 4 is 11.8 Å². The van der Waals surface area contributed by atoms with Crippen molar-refractivity contribution in [1.82, 2.24) is 15.5 Å². The lowest BCUT2D eigenvalue weighted by molar-refractivity contribution is -0.126. The van der Waals surface area contributed by atoms with Gasteiger partial charge in [-0.2, -0.15) is 0 Å². The molecule has 0 bridgehead atoms. The van der Waals surface area contributed by atoms with Gasteiger partial charge < -0.3 is 20.3 Å². The van der Waals surface area contributed by atoms with Crippen molar-refractivity contribution in [2.75, 3.05) is 33.3 Å². The van der Waals surface area contributed by atoms with Crippen LogP contribution in [0.2, 0.25) is 0 Å². The quantitative estimate of drug-likeness (QED) is 0.306. The first-order valence-electron chi connectivity index (χ1n) is 14.6. The van der Waals surface area contributed by atoms with Crippen LogP contribution >= 0.6 is 0 Å². The molecule has 0 spiro atoms. The van der Waals surface area contributed by atoms with Crippen LogP contribution in [0.5, 0.6) is 5.75 Å². The molecule has 2 N–H and O–H groups in total. The number of halogens is 1. The van der Waals surface area contributed by atoms with E-state index < -0.39 is 11.1 Å². The second-order valence-electron chi connectivity index (χ2n) is 11.8. The Morgan fingerprint density at radius 1 is 0.976 bits per heavy atom. The number of nitrogens with one attached hydrogen (secondary N) is 2. The molecular weight excluding hydrogens is 517 g/mol. The van der Waals surface area contributed by atoms with Gasteiger partial charge in [0.05, 0.1) is 19.2 Å². The van der Waals surface area contributed by atoms with Crippen LogP contribution in [0.3, 0.4) is 0 Å². The third-order valence-corrected chi connectivity index (χ3v) is 8.36. The number of methoxy groups -OCH3 is 1. The molecule has 0 aromatic heterocycles. The summed E-state index contributed by atoms with van der Waals surface area (Å²) in [6, 6.07) is 23.6. The molecule has 1 aliphatic carbocycles. The van der Waals surface area contributed by atoms with Gasteiger partial charge in [-0.25, -0.2) is 4.39 Å². The molecular formula is C34H40FN3O3. The number of hydrogen-bond donors (Lipinski definition) is 2. The Balaban J connectivity index is 1.24. The van der Waals surface area contributed by atoms with E-state index in [9.17, 15) is 14.0 Å². The van der Waals surface area contributed by atoms with E-state index in [1.54, 1.807) is 19.2 Å². The predicted octanol–water partition coefficient (Wildman–Crippen LogP) is 5.50. The number of ether oxygens (including phenoxy) is 1. The molecule has 1 saturated heterocycles. The summed E-state index contributed by atoms with van der Waals surface area (Å²) >= 11 is 0. The predicted molar refractivity (Wildman–Crippen MR) is 160 cm³/mol. The molecule has 0 saturated carbocycles. The average molecular weight is 558 g/mol. The van der Waals surface area contributed by atoms with E-state index in [2.05, 4.69) is 27.7 Å². The zero-order chi connectivity index (χ0) is 29.0. The van der Waals surface area contributed by atoms with Crippen molar-refractivity contribution in [2.24, 2.45) is 0 Å². The third kappa shape index (κ3) is 6.01. The SMILES string of the molecule is COc1ccccc1C(=O)NC1CCN(CCCCC2(C(=O)NCC(C)(C)F)c3ccccc3-c3ccccc32)C1. The molecule has 3 aromatic rings. The number of benzene rings is 3. The molecule has 7 heteroatoms. The van der Waals surface area contributed by atoms with E-state index in [0.29, 0.717) is 17.7 Å². The fraction of sp³-hybridized carbons (Fsp3) is 0.412. The zero-order valence-corrected chi connectivity index (χ0v) is 24.2. The molecule has 1 aliphatic heterocycles. The van der Waals surface area contributed by atoms with Crippen molar-refractivity contribution in [3.05, 3.63) is 89.5 Å². The molecule has 5 rings (SSSR count). The minimum Gasteiger partial charge on any atom is -0.496 e. The lowest BCUT2D eigenvalue weighted by Gasteiger charge is -2.32. The fourth-order valence-corrected chi connectivity index (χ4v) is 6.37. The van der Waals surface area contributed by atoms with Crippen LogP contribution in [-0.2, 0) is 10.2 Å². The fourth-order valence-electron chi connectivity index (χ4n) is 6.37. The second-order valence-corrected chi connectivity index (χ2v) is 11.8. The molecule has 1 unspecified atom stereocenters. The topological polar surface area (TPSA) is 70.7 Å². The number of para-hydroxylation sites is 1. The standard InChI is InChI=1S/C34H40FN3O3/c1-33(2,35)23-36-32(40)34(28-15-7-4-12-25(28)26-13-5-8-16-29(26)34)19-10-11-20-38-21-18-24(22-38)37-31(39)27-14-6-9-17-30(27)41-3/h4-9,12-17,24H,10-11,18-23H2,1-3H3,(H,36,40)(H,37,39). The highest BCUT2D eigenvalue weighted by Crippen LogP contribution is 2.51. The smallest absolute Gasteiger partial charge is 0.255 e. The number of hydrogen-bond acceptors (Lipinski definition) is 4. The van der Waals surface area contributed by atoms with Gasteiger partial charge in [0.1, 0.15) is 16.8 Å². The third-order valence-electron chi connectivity index (χ3n) is 8.36. The second kappa shape index (κ2) is 12.0. The maximum absolute atomic E-state index is 14.4. The van der Waals surface area contributed by atoms with Gasteiger partial charge in [0.25, 0.3) is 5.91 Å². The van der Waals surface area contributed by atoms with E-state index in [1.807, 2.05) is 48.5 Å². The number of likely N-dealkylation sites (tertiary alicyclic amines) is 1. The Morgan fingerprint density at radius 2 is 1.61 bits per heavy atom. The number of alkyl halides is 1. The van der Waals surface area contributed by atoms with Crippen LogP contribution in [0, 0.1) is 0 Å². The molecule has 0 radical (unpaired) electrons. The molecule has 1 heterocycles. The first-order valence-corrected chi connectivity index (χ1v) is 14.6. The van der Waals surface area contributed by atoms with E-state index in [-0.39, 0.29) is 24.4 Å². The highest BCUT2D eigenvalue weighted by molar-refractivity contribution is 6.00. The largest absolute Gasteiger partial charge is 0.496 e. The lowest BCUT2D eigenvalue weighted by Crippen LogP contribution is -2.47. The highest BCUT2D eigenvalue weighted by Gasteiger charge is 2.48. The number of fused-ring (bicyclic) bond motifs is 3. The summed E-state index contributed by atoms with van der Waals surface area (Å²) in [6.07, 6.45) is 3.29. The molecule has 2 amide bonds. The molecule has 1 atom stereocenters. The van der Waals surface area contributed by atoms with Crippen molar-refractivity contribution in [2.45, 2.75) is 56.7 Å². The van der Waals surface area contributed by atoms with Gasteiger partial charge in [0.15, 0.2) is 0 Å². The summed E-state index contributed by atoms with van der Waals surface area (Å²) in [5, 5.41) is 6.10. The van der Waals surface area contributed by atoms with Crippen LogP contribution in [0.25, 0.3) is 11.1 Å². The van der Waals surface area contributed by atoms with Crippen LogP contribution < -0.4 is 15.4 Å². The summed E-state index contributed by atoms with van der Waals surface area (Å²) in [7, 11) is 1.57. The number of amides is 2. The summed E-state index contributed by atoms with van der Waals surface area (Å²) in [6.45, 7) is 5.54. The van der Waals surface area contributed by atoms with Crippen molar-refractivity contribution < 1.29 is 18.7 Å². The number of rotatable bonds is 11. The van der Waals surface area contributed by atoms with Crippen molar-refractivity contribution in [1.29, 1.82) is 0 Å². The first-order chi connectivity index (χ1) is 19.7. The van der Waals surface area contributed by atoms with Gasteiger partial charge in [-0.3, -0.25) is 9.59 Å². The zero-order valence-electron chi connectivity index (χ0n) is 24.2. The molecule has 1 fully saturated rings. The Morgan fingerprint density at radius 3 is 2.27 bits per heavy atom. The Bertz CT molecular complexity index is 1350. The summed E-state index contributed by atoms with van der Waals surface area (Å²) in [4.78, 5) is 29.2. The Kier molecular flexibility index (Phi) is 8.45.